The standard InChI is InChI=1S/C9H11NO3/c1-7(11)12-13-9-4-2-8(6-10)3-5-9/h2-5H,6,10H2,1H3. The summed E-state index contributed by atoms with van der Waals surface area (Å²) < 4.78 is 0. The van der Waals surface area contributed by atoms with Crippen LogP contribution in [0.4, 0.5) is 0 Å². The van der Waals surface area contributed by atoms with E-state index in [2.05, 4.69) is 9.78 Å². The van der Waals surface area contributed by atoms with E-state index in [1.54, 1.807) is 24.3 Å². The Labute approximate surface area is 76.2 Å². The van der Waals surface area contributed by atoms with Gasteiger partial charge in [0, 0.05) is 13.5 Å². The van der Waals surface area contributed by atoms with Crippen molar-refractivity contribution in [3.05, 3.63) is 29.8 Å². The maximum atomic E-state index is 10.4. The van der Waals surface area contributed by atoms with Gasteiger partial charge in [0.15, 0.2) is 5.75 Å². The predicted molar refractivity (Wildman–Crippen MR) is 46.7 cm³/mol. The van der Waals surface area contributed by atoms with E-state index in [1.807, 2.05) is 0 Å². The zero-order valence-corrected chi connectivity index (χ0v) is 7.32. The Bertz CT molecular complexity index is 281. The van der Waals surface area contributed by atoms with Gasteiger partial charge in [-0.1, -0.05) is 12.1 Å². The number of rotatable bonds is 3. The molecule has 0 heterocycles. The van der Waals surface area contributed by atoms with E-state index < -0.39 is 5.97 Å². The van der Waals surface area contributed by atoms with Gasteiger partial charge in [0.2, 0.25) is 0 Å². The van der Waals surface area contributed by atoms with Crippen LogP contribution >= 0.6 is 0 Å². The van der Waals surface area contributed by atoms with Crippen molar-refractivity contribution in [2.45, 2.75) is 13.5 Å². The average Bonchev–Trinajstić information content (AvgIpc) is 2.15. The fourth-order valence-corrected chi connectivity index (χ4v) is 0.788. The highest BCUT2D eigenvalue weighted by Crippen LogP contribution is 2.11. The largest absolute Gasteiger partial charge is 0.352 e. The molecule has 0 spiro atoms. The summed E-state index contributed by atoms with van der Waals surface area (Å²) in [6.45, 7) is 1.75. The molecule has 0 radical (unpaired) electrons. The van der Waals surface area contributed by atoms with Crippen molar-refractivity contribution in [3.63, 3.8) is 0 Å². The first-order chi connectivity index (χ1) is 6.22. The van der Waals surface area contributed by atoms with Gasteiger partial charge in [0.05, 0.1) is 0 Å². The van der Waals surface area contributed by atoms with Gasteiger partial charge in [-0.3, -0.25) is 9.78 Å². The zero-order chi connectivity index (χ0) is 9.68. The van der Waals surface area contributed by atoms with E-state index in [4.69, 9.17) is 5.73 Å². The number of benzene rings is 1. The second-order valence-corrected chi connectivity index (χ2v) is 2.51. The summed E-state index contributed by atoms with van der Waals surface area (Å²) in [4.78, 5) is 19.4. The van der Waals surface area contributed by atoms with Crippen LogP contribution in [0.5, 0.6) is 5.75 Å². The molecule has 13 heavy (non-hydrogen) atoms. The summed E-state index contributed by atoms with van der Waals surface area (Å²) in [5.74, 6) is -0.00435. The molecule has 2 N–H and O–H groups in total. The molecule has 0 aliphatic heterocycles. The van der Waals surface area contributed by atoms with Gasteiger partial charge in [0.1, 0.15) is 0 Å². The molecule has 0 saturated heterocycles. The highest BCUT2D eigenvalue weighted by atomic mass is 17.2. The van der Waals surface area contributed by atoms with Gasteiger partial charge in [-0.15, -0.1) is 0 Å². The molecule has 0 bridgehead atoms. The highest BCUT2D eigenvalue weighted by molar-refractivity contribution is 5.65. The molecule has 0 aliphatic rings. The Morgan fingerprint density at radius 2 is 2.00 bits per heavy atom. The highest BCUT2D eigenvalue weighted by Gasteiger charge is 1.97. The Morgan fingerprint density at radius 1 is 1.38 bits per heavy atom. The first kappa shape index (κ1) is 9.54. The van der Waals surface area contributed by atoms with Crippen molar-refractivity contribution in [2.75, 3.05) is 0 Å². The molecule has 4 heteroatoms. The Morgan fingerprint density at radius 3 is 2.46 bits per heavy atom. The summed E-state index contributed by atoms with van der Waals surface area (Å²) in [5.41, 5.74) is 6.39. The minimum atomic E-state index is -0.483. The molecule has 0 amide bonds. The Kier molecular flexibility index (Phi) is 3.28. The normalized spacial score (nSPS) is 9.38. The summed E-state index contributed by atoms with van der Waals surface area (Å²) in [7, 11) is 0. The van der Waals surface area contributed by atoms with Gasteiger partial charge in [-0.2, -0.15) is 0 Å². The maximum Gasteiger partial charge on any atom is 0.352 e. The number of hydrogen-bond donors (Lipinski definition) is 1. The van der Waals surface area contributed by atoms with Gasteiger partial charge < -0.3 is 5.73 Å². The smallest absolute Gasteiger partial charge is 0.326 e. The molecule has 0 saturated carbocycles. The van der Waals surface area contributed by atoms with Crippen molar-refractivity contribution < 1.29 is 14.6 Å². The molecule has 0 aliphatic carbocycles. The Balaban J connectivity index is 2.54. The van der Waals surface area contributed by atoms with Crippen molar-refractivity contribution in [2.24, 2.45) is 5.73 Å². The molecule has 0 unspecified atom stereocenters. The number of carbonyl (C=O) groups is 1. The van der Waals surface area contributed by atoms with Crippen LogP contribution in [0, 0.1) is 0 Å². The lowest BCUT2D eigenvalue weighted by atomic mass is 10.2. The Hall–Kier alpha value is -1.55. The van der Waals surface area contributed by atoms with Gasteiger partial charge in [0.25, 0.3) is 0 Å². The van der Waals surface area contributed by atoms with Crippen LogP contribution in [0.1, 0.15) is 12.5 Å². The fourth-order valence-electron chi connectivity index (χ4n) is 0.788. The van der Waals surface area contributed by atoms with E-state index in [1.165, 1.54) is 6.92 Å². The van der Waals surface area contributed by atoms with E-state index >= 15 is 0 Å². The second-order valence-electron chi connectivity index (χ2n) is 2.51. The average molecular weight is 181 g/mol. The number of hydrogen-bond acceptors (Lipinski definition) is 4. The molecule has 1 rings (SSSR count). The summed E-state index contributed by atoms with van der Waals surface area (Å²) >= 11 is 0. The zero-order valence-electron chi connectivity index (χ0n) is 7.32. The second kappa shape index (κ2) is 4.47. The molecule has 0 fully saturated rings. The van der Waals surface area contributed by atoms with Crippen LogP contribution in [-0.4, -0.2) is 5.97 Å². The number of nitrogens with two attached hydrogens (primary N) is 1. The van der Waals surface area contributed by atoms with Crippen molar-refractivity contribution >= 4 is 5.97 Å². The monoisotopic (exact) mass is 181 g/mol. The molecule has 1 aromatic rings. The first-order valence-electron chi connectivity index (χ1n) is 3.86. The molecule has 4 nitrogen and oxygen atoms in total. The molecule has 1 aromatic carbocycles. The molecular weight excluding hydrogens is 170 g/mol. The lowest BCUT2D eigenvalue weighted by Gasteiger charge is -2.02. The predicted octanol–water partition coefficient (Wildman–Crippen LogP) is 1.00. The van der Waals surface area contributed by atoms with Crippen LogP contribution in [0.3, 0.4) is 0 Å². The minimum Gasteiger partial charge on any atom is -0.326 e. The SMILES string of the molecule is CC(=O)OOc1ccc(CN)cc1. The third-order valence-electron chi connectivity index (χ3n) is 1.41. The summed E-state index contributed by atoms with van der Waals surface area (Å²) in [5, 5.41) is 0. The van der Waals surface area contributed by atoms with Crippen molar-refractivity contribution in [1.29, 1.82) is 0 Å². The molecule has 70 valence electrons. The van der Waals surface area contributed by atoms with Crippen LogP contribution < -0.4 is 10.6 Å². The van der Waals surface area contributed by atoms with Gasteiger partial charge in [-0.25, -0.2) is 4.79 Å². The number of carbonyl (C=O) groups excluding carboxylic acids is 1. The maximum absolute atomic E-state index is 10.4. The third-order valence-corrected chi connectivity index (χ3v) is 1.41. The van der Waals surface area contributed by atoms with Gasteiger partial charge in [-0.05, 0) is 17.7 Å². The van der Waals surface area contributed by atoms with Gasteiger partial charge >= 0.3 is 5.97 Å². The first-order valence-corrected chi connectivity index (χ1v) is 3.86. The lowest BCUT2D eigenvalue weighted by molar-refractivity contribution is -0.210. The summed E-state index contributed by atoms with van der Waals surface area (Å²) in [6, 6.07) is 6.98. The molecular formula is C9H11NO3. The minimum absolute atomic E-state index is 0.479. The quantitative estimate of drug-likeness (QED) is 0.558. The topological polar surface area (TPSA) is 61.5 Å². The van der Waals surface area contributed by atoms with E-state index in [0.717, 1.165) is 5.56 Å². The van der Waals surface area contributed by atoms with E-state index in [9.17, 15) is 4.79 Å². The van der Waals surface area contributed by atoms with Crippen LogP contribution in [0.25, 0.3) is 0 Å². The summed E-state index contributed by atoms with van der Waals surface area (Å²) in [6.07, 6.45) is 0. The lowest BCUT2D eigenvalue weighted by Crippen LogP contribution is -2.03. The van der Waals surface area contributed by atoms with E-state index in [-0.39, 0.29) is 0 Å². The van der Waals surface area contributed by atoms with Crippen LogP contribution in [0.15, 0.2) is 24.3 Å². The van der Waals surface area contributed by atoms with E-state index in [0.29, 0.717) is 12.3 Å². The fraction of sp³-hybridized carbons (Fsp3) is 0.222. The van der Waals surface area contributed by atoms with Crippen LogP contribution in [-0.2, 0) is 16.2 Å². The molecule has 0 atom stereocenters. The van der Waals surface area contributed by atoms with Crippen molar-refractivity contribution in [1.82, 2.24) is 0 Å². The van der Waals surface area contributed by atoms with Crippen molar-refractivity contribution in [3.8, 4) is 5.75 Å². The van der Waals surface area contributed by atoms with Crippen LogP contribution in [0.2, 0.25) is 0 Å². The third kappa shape index (κ3) is 3.13. The molecule has 0 aromatic heterocycles.